The lowest BCUT2D eigenvalue weighted by Crippen LogP contribution is -2.38. The molecule has 1 aliphatic heterocycles. The third-order valence-electron chi connectivity index (χ3n) is 6.25. The van der Waals surface area contributed by atoms with Crippen LogP contribution in [0.1, 0.15) is 49.5 Å². The molecule has 3 aromatic rings. The number of nitrogens with one attached hydrogen (secondary N) is 1. The highest BCUT2D eigenvalue weighted by Gasteiger charge is 2.24. The first-order valence-electron chi connectivity index (χ1n) is 13.1. The molecule has 4 rings (SSSR count). The summed E-state index contributed by atoms with van der Waals surface area (Å²) in [6.45, 7) is 9.46. The number of nitrogens with zero attached hydrogens (tertiary/aromatic N) is 3. The summed E-state index contributed by atoms with van der Waals surface area (Å²) in [6, 6.07) is 14.2. The van der Waals surface area contributed by atoms with Crippen LogP contribution in [0.2, 0.25) is 0 Å². The van der Waals surface area contributed by atoms with Crippen molar-refractivity contribution < 1.29 is 19.0 Å². The lowest BCUT2D eigenvalue weighted by atomic mass is 10.0. The van der Waals surface area contributed by atoms with Gasteiger partial charge in [0.15, 0.2) is 5.82 Å². The molecule has 1 aromatic heterocycles. The van der Waals surface area contributed by atoms with E-state index in [1.165, 1.54) is 0 Å². The van der Waals surface area contributed by atoms with E-state index in [4.69, 9.17) is 14.2 Å². The van der Waals surface area contributed by atoms with E-state index in [1.807, 2.05) is 68.7 Å². The fourth-order valence-electron chi connectivity index (χ4n) is 4.55. The summed E-state index contributed by atoms with van der Waals surface area (Å²) in [7, 11) is 0. The van der Waals surface area contributed by atoms with Gasteiger partial charge in [0.1, 0.15) is 17.1 Å². The normalized spacial score (nSPS) is 14.2. The summed E-state index contributed by atoms with van der Waals surface area (Å²) >= 11 is 0. The highest BCUT2D eigenvalue weighted by Crippen LogP contribution is 2.33. The molecule has 0 aliphatic carbocycles. The van der Waals surface area contributed by atoms with Crippen LogP contribution >= 0.6 is 0 Å². The number of benzene rings is 2. The number of hydrogen-bond donors (Lipinski definition) is 1. The maximum absolute atomic E-state index is 12.6. The third kappa shape index (κ3) is 6.98. The number of aromatic nitrogens is 2. The van der Waals surface area contributed by atoms with Crippen molar-refractivity contribution >= 4 is 11.7 Å². The predicted octanol–water partition coefficient (Wildman–Crippen LogP) is 5.19. The fourth-order valence-corrected chi connectivity index (χ4v) is 4.55. The van der Waals surface area contributed by atoms with Crippen molar-refractivity contribution in [1.82, 2.24) is 14.9 Å². The Bertz CT molecular complexity index is 1120. The van der Waals surface area contributed by atoms with Gasteiger partial charge in [-0.2, -0.15) is 0 Å². The lowest BCUT2D eigenvalue weighted by Gasteiger charge is -2.33. The highest BCUT2D eigenvalue weighted by atomic mass is 16.5. The van der Waals surface area contributed by atoms with Gasteiger partial charge < -0.3 is 19.5 Å². The summed E-state index contributed by atoms with van der Waals surface area (Å²) in [5.41, 5.74) is 3.36. The number of ether oxygens (including phenoxy) is 3. The van der Waals surface area contributed by atoms with Gasteiger partial charge in [-0.3, -0.25) is 4.90 Å². The second-order valence-corrected chi connectivity index (χ2v) is 8.91. The van der Waals surface area contributed by atoms with E-state index >= 15 is 0 Å². The van der Waals surface area contributed by atoms with Crippen LogP contribution in [0.4, 0.5) is 5.69 Å². The first-order chi connectivity index (χ1) is 18.1. The Morgan fingerprint density at radius 3 is 2.14 bits per heavy atom. The van der Waals surface area contributed by atoms with E-state index in [0.717, 1.165) is 55.1 Å². The summed E-state index contributed by atoms with van der Waals surface area (Å²) in [6.07, 6.45) is 5.74. The first-order valence-corrected chi connectivity index (χ1v) is 13.1. The third-order valence-corrected chi connectivity index (χ3v) is 6.25. The molecule has 1 aliphatic rings. The van der Waals surface area contributed by atoms with Gasteiger partial charge in [-0.25, -0.2) is 14.8 Å². The van der Waals surface area contributed by atoms with Crippen LogP contribution in [0.25, 0.3) is 11.4 Å². The Balaban J connectivity index is 1.37. The van der Waals surface area contributed by atoms with Crippen molar-refractivity contribution in [3.05, 3.63) is 66.0 Å². The highest BCUT2D eigenvalue weighted by molar-refractivity contribution is 5.96. The Hall–Kier alpha value is -3.65. The zero-order valence-electron chi connectivity index (χ0n) is 21.9. The zero-order valence-corrected chi connectivity index (χ0v) is 21.9. The quantitative estimate of drug-likeness (QED) is 0.357. The zero-order chi connectivity index (χ0) is 26.0. The molecule has 1 saturated heterocycles. The molecule has 1 N–H and O–H groups in total. The lowest BCUT2D eigenvalue weighted by molar-refractivity contribution is 0.0517. The van der Waals surface area contributed by atoms with Crippen molar-refractivity contribution in [3.8, 4) is 22.9 Å². The smallest absolute Gasteiger partial charge is 0.345 e. The number of esters is 1. The average Bonchev–Trinajstić information content (AvgIpc) is 2.91. The van der Waals surface area contributed by atoms with Gasteiger partial charge in [-0.15, -0.1) is 0 Å². The molecule has 0 atom stereocenters. The predicted molar refractivity (Wildman–Crippen MR) is 144 cm³/mol. The second-order valence-electron chi connectivity index (χ2n) is 8.91. The fraction of sp³-hybridized carbons (Fsp3) is 0.414. The molecule has 2 heterocycles. The van der Waals surface area contributed by atoms with Crippen LogP contribution in [0.5, 0.6) is 11.5 Å². The monoisotopic (exact) mass is 504 g/mol. The van der Waals surface area contributed by atoms with Crippen molar-refractivity contribution in [2.24, 2.45) is 0 Å². The molecule has 37 heavy (non-hydrogen) atoms. The number of hydrogen-bond acceptors (Lipinski definition) is 8. The number of piperidine rings is 1. The van der Waals surface area contributed by atoms with E-state index in [1.54, 1.807) is 6.92 Å². The molecule has 196 valence electrons. The van der Waals surface area contributed by atoms with Crippen molar-refractivity contribution in [2.75, 3.05) is 38.2 Å². The standard InChI is InChI=1S/C29H36N4O4/c1-4-35-25-16-21(17-26(36-5-2)27(25)29(34)37-6-3)20-33-14-12-23(13-15-33)32-24-18-30-28(31-19-24)22-10-8-7-9-11-22/h7-11,16-19,23,32H,4-6,12-15,20H2,1-3H3. The van der Waals surface area contributed by atoms with Crippen LogP contribution in [-0.2, 0) is 11.3 Å². The van der Waals surface area contributed by atoms with Gasteiger partial charge in [-0.1, -0.05) is 30.3 Å². The molecular weight excluding hydrogens is 468 g/mol. The largest absolute Gasteiger partial charge is 0.493 e. The molecule has 0 bridgehead atoms. The topological polar surface area (TPSA) is 85.8 Å². The summed E-state index contributed by atoms with van der Waals surface area (Å²) < 4.78 is 16.9. The van der Waals surface area contributed by atoms with Crippen LogP contribution in [-0.4, -0.2) is 59.8 Å². The van der Waals surface area contributed by atoms with E-state index in [0.29, 0.717) is 42.9 Å². The number of rotatable bonds is 11. The number of carbonyl (C=O) groups is 1. The van der Waals surface area contributed by atoms with Crippen LogP contribution in [0, 0.1) is 0 Å². The van der Waals surface area contributed by atoms with Crippen molar-refractivity contribution in [1.29, 1.82) is 0 Å². The maximum atomic E-state index is 12.6. The van der Waals surface area contributed by atoms with E-state index < -0.39 is 5.97 Å². The molecule has 0 unspecified atom stereocenters. The first kappa shape index (κ1) is 26.4. The summed E-state index contributed by atoms with van der Waals surface area (Å²) in [5, 5.41) is 3.58. The summed E-state index contributed by atoms with van der Waals surface area (Å²) in [5.74, 6) is 1.33. The van der Waals surface area contributed by atoms with Gasteiger partial charge in [0, 0.05) is 31.2 Å². The Kier molecular flexibility index (Phi) is 9.32. The maximum Gasteiger partial charge on any atom is 0.345 e. The minimum absolute atomic E-state index is 0.296. The summed E-state index contributed by atoms with van der Waals surface area (Å²) in [4.78, 5) is 24.1. The minimum atomic E-state index is -0.423. The van der Waals surface area contributed by atoms with E-state index in [2.05, 4.69) is 20.2 Å². The van der Waals surface area contributed by atoms with E-state index in [9.17, 15) is 4.79 Å². The minimum Gasteiger partial charge on any atom is -0.493 e. The number of anilines is 1. The number of likely N-dealkylation sites (tertiary alicyclic amines) is 1. The van der Waals surface area contributed by atoms with Gasteiger partial charge in [0.25, 0.3) is 0 Å². The second kappa shape index (κ2) is 13.1. The van der Waals surface area contributed by atoms with Gasteiger partial charge in [-0.05, 0) is 51.3 Å². The molecule has 1 fully saturated rings. The van der Waals surface area contributed by atoms with Gasteiger partial charge >= 0.3 is 5.97 Å². The molecule has 8 nitrogen and oxygen atoms in total. The van der Waals surface area contributed by atoms with Crippen molar-refractivity contribution in [3.63, 3.8) is 0 Å². The Morgan fingerprint density at radius 2 is 1.57 bits per heavy atom. The van der Waals surface area contributed by atoms with Crippen LogP contribution < -0.4 is 14.8 Å². The Labute approximate surface area is 219 Å². The van der Waals surface area contributed by atoms with Gasteiger partial charge in [0.05, 0.1) is 37.9 Å². The van der Waals surface area contributed by atoms with Crippen molar-refractivity contribution in [2.45, 2.75) is 46.2 Å². The number of carbonyl (C=O) groups excluding carboxylic acids is 1. The average molecular weight is 505 g/mol. The van der Waals surface area contributed by atoms with E-state index in [-0.39, 0.29) is 0 Å². The molecule has 0 radical (unpaired) electrons. The molecule has 0 amide bonds. The van der Waals surface area contributed by atoms with Crippen LogP contribution in [0.15, 0.2) is 54.9 Å². The molecular formula is C29H36N4O4. The molecule has 2 aromatic carbocycles. The molecule has 0 saturated carbocycles. The van der Waals surface area contributed by atoms with Crippen LogP contribution in [0.3, 0.4) is 0 Å². The van der Waals surface area contributed by atoms with Gasteiger partial charge in [0.2, 0.25) is 0 Å². The SMILES string of the molecule is CCOC(=O)c1c(OCC)cc(CN2CCC(Nc3cnc(-c4ccccc4)nc3)CC2)cc1OCC. The molecule has 0 spiro atoms. The molecule has 8 heteroatoms. The Morgan fingerprint density at radius 1 is 0.946 bits per heavy atom.